The molecule has 276 valence electrons. The molecular weight excluding hydrogens is 679 g/mol. The number of benzene rings is 3. The van der Waals surface area contributed by atoms with Crippen molar-refractivity contribution in [3.8, 4) is 0 Å². The fraction of sp³-hybridized carbons (Fsp3) is 0.475. The number of nitrogens with one attached hydrogen (secondary N) is 2. The molecule has 3 aromatic carbocycles. The van der Waals surface area contributed by atoms with E-state index in [1.54, 1.807) is 12.1 Å². The molecule has 3 aromatic rings. The minimum absolute atomic E-state index is 0.184. The summed E-state index contributed by atoms with van der Waals surface area (Å²) in [6.07, 6.45) is 12.2. The molecule has 2 unspecified atom stereocenters. The Bertz CT molecular complexity index is 1880. The van der Waals surface area contributed by atoms with E-state index in [1.165, 1.54) is 67.4 Å². The molecule has 52 heavy (non-hydrogen) atoms. The van der Waals surface area contributed by atoms with E-state index in [9.17, 15) is 23.3 Å². The van der Waals surface area contributed by atoms with Gasteiger partial charge in [-0.25, -0.2) is 13.1 Å². The maximum Gasteiger partial charge on any atom is 0.293 e. The van der Waals surface area contributed by atoms with Gasteiger partial charge in [-0.15, -0.1) is 0 Å². The molecule has 4 aliphatic rings. The molecule has 0 aromatic heterocycles. The Hall–Kier alpha value is -4.26. The summed E-state index contributed by atoms with van der Waals surface area (Å²) in [7, 11) is -4.36. The van der Waals surface area contributed by atoms with Crippen LogP contribution < -0.4 is 14.9 Å². The summed E-state index contributed by atoms with van der Waals surface area (Å²) in [5.74, 6) is 1.13. The summed E-state index contributed by atoms with van der Waals surface area (Å²) in [6.45, 7) is 6.25. The predicted octanol–water partition coefficient (Wildman–Crippen LogP) is 6.86. The number of piperazine rings is 1. The van der Waals surface area contributed by atoms with Gasteiger partial charge < -0.3 is 15.0 Å². The van der Waals surface area contributed by atoms with Crippen LogP contribution in [-0.4, -0.2) is 70.1 Å². The van der Waals surface area contributed by atoms with Gasteiger partial charge in [-0.2, -0.15) is 0 Å². The predicted molar refractivity (Wildman–Crippen MR) is 203 cm³/mol. The number of amides is 1. The number of nitro benzene ring substituents is 1. The number of nitrogens with zero attached hydrogens (tertiary/aromatic N) is 3. The lowest BCUT2D eigenvalue weighted by atomic mass is 9.81. The van der Waals surface area contributed by atoms with E-state index >= 15 is 0 Å². The standard InChI is InChI=1S/C40H49N5O6S/c46-40(42-52(49,50)36-14-15-38(39(26-36)45(47)48)41-27-30-16-22-51-23-17-30)32-10-12-35(13-11-32)44-20-18-43(19-21-44)28-34-6-1-2-7-37(34)33-9-8-29-4-3-5-31(24-29)25-33/h1-2,6-7,10-15,25-26,29-31,41H,3-5,8-9,16-24,27-28H2,(H,42,46). The van der Waals surface area contributed by atoms with Crippen molar-refractivity contribution in [2.24, 2.45) is 17.8 Å². The van der Waals surface area contributed by atoms with Crippen molar-refractivity contribution >= 4 is 38.6 Å². The molecule has 2 aliphatic heterocycles. The first-order valence-corrected chi connectivity index (χ1v) is 20.2. The Morgan fingerprint density at radius 2 is 1.69 bits per heavy atom. The zero-order valence-electron chi connectivity index (χ0n) is 29.7. The van der Waals surface area contributed by atoms with E-state index in [1.807, 2.05) is 12.1 Å². The van der Waals surface area contributed by atoms with Crippen LogP contribution in [0, 0.1) is 27.9 Å². The zero-order chi connectivity index (χ0) is 36.1. The Morgan fingerprint density at radius 1 is 0.923 bits per heavy atom. The van der Waals surface area contributed by atoms with Crippen LogP contribution in [0.2, 0.25) is 0 Å². The average Bonchev–Trinajstić information content (AvgIpc) is 3.31. The fourth-order valence-corrected chi connectivity index (χ4v) is 9.32. The third-order valence-electron chi connectivity index (χ3n) is 11.3. The van der Waals surface area contributed by atoms with Crippen LogP contribution in [0.4, 0.5) is 17.1 Å². The van der Waals surface area contributed by atoms with Crippen molar-refractivity contribution < 1.29 is 22.9 Å². The molecule has 1 amide bonds. The van der Waals surface area contributed by atoms with Crippen molar-refractivity contribution in [1.82, 2.24) is 9.62 Å². The van der Waals surface area contributed by atoms with E-state index in [0.717, 1.165) is 69.2 Å². The lowest BCUT2D eigenvalue weighted by molar-refractivity contribution is -0.384. The minimum atomic E-state index is -4.36. The van der Waals surface area contributed by atoms with Crippen LogP contribution in [0.5, 0.6) is 0 Å². The van der Waals surface area contributed by atoms with E-state index in [4.69, 9.17) is 4.74 Å². The van der Waals surface area contributed by atoms with Gasteiger partial charge in [0.05, 0.1) is 9.82 Å². The number of carbonyl (C=O) groups is 1. The molecule has 11 nitrogen and oxygen atoms in total. The number of ether oxygens (including phenoxy) is 1. The number of nitro groups is 1. The lowest BCUT2D eigenvalue weighted by Gasteiger charge is -2.36. The highest BCUT2D eigenvalue weighted by Gasteiger charge is 2.27. The second kappa shape index (κ2) is 16.2. The van der Waals surface area contributed by atoms with Gasteiger partial charge in [-0.1, -0.05) is 43.2 Å². The first-order chi connectivity index (χ1) is 25.2. The molecule has 2 atom stereocenters. The number of sulfonamides is 1. The maximum absolute atomic E-state index is 13.1. The number of allylic oxidation sites excluding steroid dienone is 2. The molecule has 12 heteroatoms. The molecule has 0 radical (unpaired) electrons. The van der Waals surface area contributed by atoms with Gasteiger partial charge in [0, 0.05) is 69.8 Å². The van der Waals surface area contributed by atoms with Crippen LogP contribution in [0.1, 0.15) is 72.9 Å². The van der Waals surface area contributed by atoms with Gasteiger partial charge in [0.2, 0.25) is 0 Å². The monoisotopic (exact) mass is 727 g/mol. The third-order valence-corrected chi connectivity index (χ3v) is 12.7. The molecule has 2 bridgehead atoms. The Morgan fingerprint density at radius 3 is 2.46 bits per heavy atom. The number of hydrogen-bond acceptors (Lipinski definition) is 9. The third kappa shape index (κ3) is 8.67. The number of rotatable bonds is 11. The van der Waals surface area contributed by atoms with E-state index in [2.05, 4.69) is 50.2 Å². The molecule has 1 saturated carbocycles. The Kier molecular flexibility index (Phi) is 11.2. The van der Waals surface area contributed by atoms with Gasteiger partial charge in [0.1, 0.15) is 5.69 Å². The fourth-order valence-electron chi connectivity index (χ4n) is 8.32. The Labute approximate surface area is 306 Å². The van der Waals surface area contributed by atoms with E-state index < -0.39 is 20.9 Å². The summed E-state index contributed by atoms with van der Waals surface area (Å²) in [4.78, 5) is 28.7. The number of carbonyl (C=O) groups excluding carboxylic acids is 1. The van der Waals surface area contributed by atoms with Crippen molar-refractivity contribution in [2.75, 3.05) is 56.2 Å². The van der Waals surface area contributed by atoms with E-state index in [-0.39, 0.29) is 21.8 Å². The molecule has 7 rings (SSSR count). The SMILES string of the molecule is O=C(NS(=O)(=O)c1ccc(NCC2CCOCC2)c([N+](=O)[O-])c1)c1ccc(N2CCN(Cc3ccccc3C3=CC4CCCC(CC3)C4)CC2)cc1. The molecule has 2 saturated heterocycles. The van der Waals surface area contributed by atoms with Gasteiger partial charge in [0.25, 0.3) is 21.6 Å². The summed E-state index contributed by atoms with van der Waals surface area (Å²) < 4.78 is 33.7. The van der Waals surface area contributed by atoms with Crippen molar-refractivity contribution in [3.63, 3.8) is 0 Å². The molecule has 2 N–H and O–H groups in total. The first-order valence-electron chi connectivity index (χ1n) is 18.8. The van der Waals surface area contributed by atoms with Crippen LogP contribution >= 0.6 is 0 Å². The number of fused-ring (bicyclic) bond motifs is 2. The second-order valence-electron chi connectivity index (χ2n) is 14.8. The van der Waals surface area contributed by atoms with Crippen LogP contribution in [0.15, 0.2) is 77.7 Å². The van der Waals surface area contributed by atoms with Crippen LogP contribution in [-0.2, 0) is 21.3 Å². The summed E-state index contributed by atoms with van der Waals surface area (Å²) in [5, 5.41) is 14.9. The smallest absolute Gasteiger partial charge is 0.293 e. The minimum Gasteiger partial charge on any atom is -0.381 e. The van der Waals surface area contributed by atoms with Gasteiger partial charge >= 0.3 is 0 Å². The van der Waals surface area contributed by atoms with Gasteiger partial charge in [0.15, 0.2) is 0 Å². The van der Waals surface area contributed by atoms with Gasteiger partial charge in [-0.3, -0.25) is 19.8 Å². The second-order valence-corrected chi connectivity index (χ2v) is 16.5. The normalized spacial score (nSPS) is 21.5. The molecule has 2 aliphatic carbocycles. The molecular formula is C40H49N5O6S. The Balaban J connectivity index is 0.935. The van der Waals surface area contributed by atoms with E-state index in [0.29, 0.717) is 25.7 Å². The van der Waals surface area contributed by atoms with Crippen LogP contribution in [0.3, 0.4) is 0 Å². The average molecular weight is 728 g/mol. The highest BCUT2D eigenvalue weighted by Crippen LogP contribution is 2.40. The lowest BCUT2D eigenvalue weighted by Crippen LogP contribution is -2.46. The number of anilines is 2. The van der Waals surface area contributed by atoms with Crippen molar-refractivity contribution in [2.45, 2.75) is 62.8 Å². The number of hydrogen-bond donors (Lipinski definition) is 2. The van der Waals surface area contributed by atoms with Crippen LogP contribution in [0.25, 0.3) is 5.57 Å². The molecule has 0 spiro atoms. The largest absolute Gasteiger partial charge is 0.381 e. The maximum atomic E-state index is 13.1. The molecule has 3 fully saturated rings. The first kappa shape index (κ1) is 36.1. The van der Waals surface area contributed by atoms with Gasteiger partial charge in [-0.05, 0) is 109 Å². The summed E-state index contributed by atoms with van der Waals surface area (Å²) in [5.41, 5.74) is 5.37. The highest BCUT2D eigenvalue weighted by molar-refractivity contribution is 7.90. The summed E-state index contributed by atoms with van der Waals surface area (Å²) in [6, 6.07) is 19.5. The summed E-state index contributed by atoms with van der Waals surface area (Å²) >= 11 is 0. The topological polar surface area (TPSA) is 134 Å². The van der Waals surface area contributed by atoms with Crippen molar-refractivity contribution in [1.29, 1.82) is 0 Å². The van der Waals surface area contributed by atoms with Crippen molar-refractivity contribution in [3.05, 3.63) is 99.6 Å². The quantitative estimate of drug-likeness (QED) is 0.161. The zero-order valence-corrected chi connectivity index (χ0v) is 30.5. The highest BCUT2D eigenvalue weighted by atomic mass is 32.2. The molecule has 2 heterocycles.